The van der Waals surface area contributed by atoms with Gasteiger partial charge in [-0.15, -0.1) is 0 Å². The lowest BCUT2D eigenvalue weighted by molar-refractivity contribution is 0.619. The average Bonchev–Trinajstić information content (AvgIpc) is 2.23. The monoisotopic (exact) mass is 266 g/mol. The van der Waals surface area contributed by atoms with E-state index in [4.69, 9.17) is 0 Å². The van der Waals surface area contributed by atoms with Crippen LogP contribution in [0, 0.1) is 12.7 Å². The Balaban J connectivity index is 2.55. The van der Waals surface area contributed by atoms with Crippen LogP contribution in [0.1, 0.15) is 5.56 Å². The Morgan fingerprint density at radius 2 is 1.93 bits per heavy atom. The summed E-state index contributed by atoms with van der Waals surface area (Å²) in [4.78, 5) is 0. The quantitative estimate of drug-likeness (QED) is 0.791. The van der Waals surface area contributed by atoms with Crippen molar-refractivity contribution in [3.05, 3.63) is 46.4 Å². The number of hydrogen-bond acceptors (Lipinski definition) is 2. The molecule has 0 N–H and O–H groups in total. The van der Waals surface area contributed by atoms with Crippen LogP contribution in [0.4, 0.5) is 4.39 Å². The minimum Gasteiger partial charge on any atom is -0.207 e. The van der Waals surface area contributed by atoms with Crippen LogP contribution in [-0.4, -0.2) is 10.2 Å². The number of aromatic nitrogens is 2. The van der Waals surface area contributed by atoms with Crippen molar-refractivity contribution in [1.82, 2.24) is 10.2 Å². The van der Waals surface area contributed by atoms with Crippen molar-refractivity contribution < 1.29 is 4.39 Å². The summed E-state index contributed by atoms with van der Waals surface area (Å²) in [5, 5.41) is 7.54. The summed E-state index contributed by atoms with van der Waals surface area (Å²) in [5.74, 6) is -0.197. The SMILES string of the molecule is Cc1cc(-c2cnncc2Br)ccc1F. The lowest BCUT2D eigenvalue weighted by Gasteiger charge is -2.04. The van der Waals surface area contributed by atoms with E-state index >= 15 is 0 Å². The van der Waals surface area contributed by atoms with Gasteiger partial charge in [-0.25, -0.2) is 4.39 Å². The molecule has 1 aromatic heterocycles. The first-order chi connectivity index (χ1) is 7.18. The summed E-state index contributed by atoms with van der Waals surface area (Å²) in [6, 6.07) is 4.97. The van der Waals surface area contributed by atoms with Gasteiger partial charge in [0.1, 0.15) is 5.82 Å². The highest BCUT2D eigenvalue weighted by Crippen LogP contribution is 2.27. The molecule has 0 saturated carbocycles. The van der Waals surface area contributed by atoms with Crippen molar-refractivity contribution in [2.24, 2.45) is 0 Å². The van der Waals surface area contributed by atoms with E-state index in [2.05, 4.69) is 26.1 Å². The highest BCUT2D eigenvalue weighted by molar-refractivity contribution is 9.10. The largest absolute Gasteiger partial charge is 0.207 e. The minimum atomic E-state index is -0.197. The van der Waals surface area contributed by atoms with E-state index < -0.39 is 0 Å². The summed E-state index contributed by atoms with van der Waals surface area (Å²) in [5.41, 5.74) is 2.46. The Kier molecular flexibility index (Phi) is 2.77. The molecular formula is C11H8BrFN2. The lowest BCUT2D eigenvalue weighted by atomic mass is 10.1. The van der Waals surface area contributed by atoms with Crippen molar-refractivity contribution in [3.63, 3.8) is 0 Å². The van der Waals surface area contributed by atoms with Gasteiger partial charge in [-0.1, -0.05) is 6.07 Å². The molecule has 15 heavy (non-hydrogen) atoms. The van der Waals surface area contributed by atoms with E-state index in [0.29, 0.717) is 5.56 Å². The van der Waals surface area contributed by atoms with Gasteiger partial charge >= 0.3 is 0 Å². The van der Waals surface area contributed by atoms with E-state index in [9.17, 15) is 4.39 Å². The van der Waals surface area contributed by atoms with Gasteiger partial charge in [0.25, 0.3) is 0 Å². The third kappa shape index (κ3) is 2.04. The molecule has 4 heteroatoms. The molecule has 0 aliphatic carbocycles. The molecule has 2 aromatic rings. The zero-order chi connectivity index (χ0) is 10.8. The lowest BCUT2D eigenvalue weighted by Crippen LogP contribution is -1.88. The minimum absolute atomic E-state index is 0.197. The normalized spacial score (nSPS) is 10.3. The van der Waals surface area contributed by atoms with Crippen molar-refractivity contribution in [3.8, 4) is 11.1 Å². The Bertz CT molecular complexity index is 500. The molecule has 0 amide bonds. The number of halogens is 2. The van der Waals surface area contributed by atoms with E-state index in [1.807, 2.05) is 0 Å². The summed E-state index contributed by atoms with van der Waals surface area (Å²) in [7, 11) is 0. The van der Waals surface area contributed by atoms with Crippen molar-refractivity contribution >= 4 is 15.9 Å². The van der Waals surface area contributed by atoms with Gasteiger partial charge in [-0.2, -0.15) is 10.2 Å². The number of rotatable bonds is 1. The molecule has 1 heterocycles. The van der Waals surface area contributed by atoms with E-state index in [0.717, 1.165) is 15.6 Å². The second-order valence-electron chi connectivity index (χ2n) is 3.21. The molecule has 0 atom stereocenters. The van der Waals surface area contributed by atoms with Crippen molar-refractivity contribution in [1.29, 1.82) is 0 Å². The van der Waals surface area contributed by atoms with Crippen LogP contribution in [0.5, 0.6) is 0 Å². The maximum atomic E-state index is 13.1. The summed E-state index contributed by atoms with van der Waals surface area (Å²) >= 11 is 3.38. The van der Waals surface area contributed by atoms with Crippen LogP contribution in [0.3, 0.4) is 0 Å². The van der Waals surface area contributed by atoms with E-state index in [1.165, 1.54) is 6.07 Å². The van der Waals surface area contributed by atoms with Gasteiger partial charge in [-0.05, 0) is 46.1 Å². The Morgan fingerprint density at radius 1 is 1.20 bits per heavy atom. The Hall–Kier alpha value is -1.29. The fourth-order valence-electron chi connectivity index (χ4n) is 1.33. The summed E-state index contributed by atoms with van der Waals surface area (Å²) in [6.07, 6.45) is 3.27. The molecule has 0 aliphatic rings. The summed E-state index contributed by atoms with van der Waals surface area (Å²) in [6.45, 7) is 1.74. The van der Waals surface area contributed by atoms with Gasteiger partial charge in [-0.3, -0.25) is 0 Å². The smallest absolute Gasteiger partial charge is 0.126 e. The maximum absolute atomic E-state index is 13.1. The van der Waals surface area contributed by atoms with Crippen LogP contribution in [0.2, 0.25) is 0 Å². The molecule has 2 nitrogen and oxygen atoms in total. The van der Waals surface area contributed by atoms with Gasteiger partial charge in [0, 0.05) is 10.0 Å². The second-order valence-corrected chi connectivity index (χ2v) is 4.07. The topological polar surface area (TPSA) is 25.8 Å². The third-order valence-corrected chi connectivity index (χ3v) is 2.78. The predicted octanol–water partition coefficient (Wildman–Crippen LogP) is 3.35. The van der Waals surface area contributed by atoms with E-state index in [-0.39, 0.29) is 5.82 Å². The molecule has 0 fully saturated rings. The van der Waals surface area contributed by atoms with Crippen LogP contribution in [0.15, 0.2) is 35.1 Å². The standard InChI is InChI=1S/C11H8BrFN2/c1-7-4-8(2-3-11(7)13)9-5-14-15-6-10(9)12/h2-6H,1H3. The first-order valence-electron chi connectivity index (χ1n) is 4.41. The number of hydrogen-bond donors (Lipinski definition) is 0. The molecule has 0 bridgehead atoms. The van der Waals surface area contributed by atoms with Gasteiger partial charge < -0.3 is 0 Å². The fraction of sp³-hybridized carbons (Fsp3) is 0.0909. The molecule has 1 aromatic carbocycles. The molecular weight excluding hydrogens is 259 g/mol. The van der Waals surface area contributed by atoms with Crippen LogP contribution < -0.4 is 0 Å². The fourth-order valence-corrected chi connectivity index (χ4v) is 1.75. The molecule has 76 valence electrons. The average molecular weight is 267 g/mol. The second kappa shape index (κ2) is 4.06. The van der Waals surface area contributed by atoms with Crippen LogP contribution >= 0.6 is 15.9 Å². The highest BCUT2D eigenvalue weighted by Gasteiger charge is 2.05. The van der Waals surface area contributed by atoms with Crippen LogP contribution in [-0.2, 0) is 0 Å². The van der Waals surface area contributed by atoms with Gasteiger partial charge in [0.2, 0.25) is 0 Å². The molecule has 0 unspecified atom stereocenters. The molecule has 0 aliphatic heterocycles. The maximum Gasteiger partial charge on any atom is 0.126 e. The summed E-state index contributed by atoms with van der Waals surface area (Å²) < 4.78 is 13.9. The molecule has 0 saturated heterocycles. The van der Waals surface area contributed by atoms with Gasteiger partial charge in [0.15, 0.2) is 0 Å². The zero-order valence-corrected chi connectivity index (χ0v) is 9.62. The number of aryl methyl sites for hydroxylation is 1. The van der Waals surface area contributed by atoms with E-state index in [1.54, 1.807) is 31.5 Å². The molecule has 0 spiro atoms. The molecule has 0 radical (unpaired) electrons. The van der Waals surface area contributed by atoms with Crippen molar-refractivity contribution in [2.75, 3.05) is 0 Å². The zero-order valence-electron chi connectivity index (χ0n) is 8.04. The first-order valence-corrected chi connectivity index (χ1v) is 5.20. The Labute approximate surface area is 95.3 Å². The molecule has 2 rings (SSSR count). The number of benzene rings is 1. The number of nitrogens with zero attached hydrogens (tertiary/aromatic N) is 2. The highest BCUT2D eigenvalue weighted by atomic mass is 79.9. The van der Waals surface area contributed by atoms with Gasteiger partial charge in [0.05, 0.1) is 12.4 Å². The Morgan fingerprint density at radius 3 is 2.60 bits per heavy atom. The predicted molar refractivity (Wildman–Crippen MR) is 59.9 cm³/mol. The van der Waals surface area contributed by atoms with Crippen LogP contribution in [0.25, 0.3) is 11.1 Å². The third-order valence-electron chi connectivity index (χ3n) is 2.15. The van der Waals surface area contributed by atoms with Crippen molar-refractivity contribution in [2.45, 2.75) is 6.92 Å². The first kappa shape index (κ1) is 10.2.